The molecular formula is C21H25NO3. The van der Waals surface area contributed by atoms with Gasteiger partial charge in [-0.1, -0.05) is 19.1 Å². The van der Waals surface area contributed by atoms with Crippen molar-refractivity contribution in [2.75, 3.05) is 27.9 Å². The first-order valence-corrected chi connectivity index (χ1v) is 8.82. The fraction of sp³-hybridized carbons (Fsp3) is 0.429. The Morgan fingerprint density at radius 3 is 2.48 bits per heavy atom. The Morgan fingerprint density at radius 1 is 0.960 bits per heavy atom. The third kappa shape index (κ3) is 2.47. The van der Waals surface area contributed by atoms with Crippen LogP contribution in [0.3, 0.4) is 0 Å². The van der Waals surface area contributed by atoms with Crippen LogP contribution in [0.25, 0.3) is 0 Å². The largest absolute Gasteiger partial charge is 0.497 e. The van der Waals surface area contributed by atoms with E-state index in [4.69, 9.17) is 14.2 Å². The summed E-state index contributed by atoms with van der Waals surface area (Å²) in [6, 6.07) is 11.2. The van der Waals surface area contributed by atoms with E-state index in [1.165, 1.54) is 22.3 Å². The lowest BCUT2D eigenvalue weighted by atomic mass is 9.77. The fourth-order valence-corrected chi connectivity index (χ4v) is 4.55. The van der Waals surface area contributed by atoms with Crippen LogP contribution >= 0.6 is 0 Å². The van der Waals surface area contributed by atoms with Crippen molar-refractivity contribution >= 4 is 0 Å². The summed E-state index contributed by atoms with van der Waals surface area (Å²) in [5, 5.41) is 0. The molecule has 132 valence electrons. The molecule has 0 radical (unpaired) electrons. The normalized spacial score (nSPS) is 21.8. The zero-order valence-electron chi connectivity index (χ0n) is 15.3. The predicted molar refractivity (Wildman–Crippen MR) is 97.8 cm³/mol. The minimum absolute atomic E-state index is 0.399. The summed E-state index contributed by atoms with van der Waals surface area (Å²) in [4.78, 5) is 2.57. The maximum absolute atomic E-state index is 5.69. The standard InChI is InChI=1S/C21H25NO3/c1-13-16-7-8-19(24-3)21(25-4)18(16)12-22-10-9-14-11-15(23-2)5-6-17(14)20(13)22/h5-8,11,13,20H,9-10,12H2,1-4H3. The molecule has 2 atom stereocenters. The van der Waals surface area contributed by atoms with E-state index < -0.39 is 0 Å². The number of benzene rings is 2. The third-order valence-electron chi connectivity index (χ3n) is 5.74. The van der Waals surface area contributed by atoms with E-state index in [0.29, 0.717) is 12.0 Å². The highest BCUT2D eigenvalue weighted by Gasteiger charge is 2.38. The van der Waals surface area contributed by atoms with E-state index in [0.717, 1.165) is 36.8 Å². The van der Waals surface area contributed by atoms with Crippen molar-refractivity contribution in [3.8, 4) is 17.2 Å². The molecule has 0 bridgehead atoms. The quantitative estimate of drug-likeness (QED) is 0.848. The minimum Gasteiger partial charge on any atom is -0.497 e. The van der Waals surface area contributed by atoms with Gasteiger partial charge >= 0.3 is 0 Å². The van der Waals surface area contributed by atoms with Crippen LogP contribution in [0.1, 0.15) is 41.1 Å². The van der Waals surface area contributed by atoms with Crippen LogP contribution in [-0.2, 0) is 13.0 Å². The number of ether oxygens (including phenoxy) is 3. The molecule has 2 heterocycles. The molecule has 4 nitrogen and oxygen atoms in total. The van der Waals surface area contributed by atoms with Crippen molar-refractivity contribution in [2.45, 2.75) is 31.8 Å². The Bertz CT molecular complexity index is 802. The fourth-order valence-electron chi connectivity index (χ4n) is 4.55. The first-order valence-electron chi connectivity index (χ1n) is 8.82. The molecule has 0 spiro atoms. The van der Waals surface area contributed by atoms with Gasteiger partial charge in [-0.25, -0.2) is 0 Å². The molecule has 0 fully saturated rings. The summed E-state index contributed by atoms with van der Waals surface area (Å²) < 4.78 is 16.6. The minimum atomic E-state index is 0.399. The predicted octanol–water partition coefficient (Wildman–Crippen LogP) is 3.93. The van der Waals surface area contributed by atoms with E-state index in [-0.39, 0.29) is 0 Å². The number of nitrogens with zero attached hydrogens (tertiary/aromatic N) is 1. The van der Waals surface area contributed by atoms with Gasteiger partial charge in [-0.15, -0.1) is 0 Å². The highest BCUT2D eigenvalue weighted by molar-refractivity contribution is 5.54. The number of fused-ring (bicyclic) bond motifs is 4. The Hall–Kier alpha value is -2.20. The first-order chi connectivity index (χ1) is 12.2. The summed E-state index contributed by atoms with van der Waals surface area (Å²) in [6.45, 7) is 4.27. The molecule has 0 saturated heterocycles. The van der Waals surface area contributed by atoms with Crippen LogP contribution < -0.4 is 14.2 Å². The maximum Gasteiger partial charge on any atom is 0.165 e. The van der Waals surface area contributed by atoms with Gasteiger partial charge in [-0.2, -0.15) is 0 Å². The van der Waals surface area contributed by atoms with E-state index >= 15 is 0 Å². The Kier molecular flexibility index (Phi) is 4.08. The van der Waals surface area contributed by atoms with E-state index in [1.807, 2.05) is 6.07 Å². The van der Waals surface area contributed by atoms with Crippen LogP contribution in [-0.4, -0.2) is 32.8 Å². The molecule has 4 rings (SSSR count). The summed E-state index contributed by atoms with van der Waals surface area (Å²) in [6.07, 6.45) is 1.05. The van der Waals surface area contributed by atoms with Gasteiger partial charge in [0.15, 0.2) is 11.5 Å². The lowest BCUT2D eigenvalue weighted by molar-refractivity contribution is 0.136. The molecule has 0 aromatic heterocycles. The summed E-state index contributed by atoms with van der Waals surface area (Å²) in [7, 11) is 5.16. The molecule has 2 aromatic carbocycles. The maximum atomic E-state index is 5.69. The monoisotopic (exact) mass is 339 g/mol. The molecule has 0 aliphatic carbocycles. The Balaban J connectivity index is 1.80. The van der Waals surface area contributed by atoms with Gasteiger partial charge in [0.05, 0.1) is 21.3 Å². The van der Waals surface area contributed by atoms with Crippen LogP contribution in [0.2, 0.25) is 0 Å². The molecule has 0 N–H and O–H groups in total. The van der Waals surface area contributed by atoms with Gasteiger partial charge < -0.3 is 14.2 Å². The number of rotatable bonds is 3. The molecular weight excluding hydrogens is 314 g/mol. The van der Waals surface area contributed by atoms with Gasteiger partial charge in [0.25, 0.3) is 0 Å². The third-order valence-corrected chi connectivity index (χ3v) is 5.74. The van der Waals surface area contributed by atoms with Crippen LogP contribution in [0.4, 0.5) is 0 Å². The topological polar surface area (TPSA) is 30.9 Å². The zero-order chi connectivity index (χ0) is 17.6. The van der Waals surface area contributed by atoms with Crippen LogP contribution in [0.5, 0.6) is 17.2 Å². The van der Waals surface area contributed by atoms with Gasteiger partial charge in [0, 0.05) is 30.6 Å². The average molecular weight is 339 g/mol. The second-order valence-corrected chi connectivity index (χ2v) is 6.89. The molecule has 2 aromatic rings. The van der Waals surface area contributed by atoms with Gasteiger partial charge in [0.2, 0.25) is 0 Å². The summed E-state index contributed by atoms with van der Waals surface area (Å²) in [5.74, 6) is 3.04. The number of hydrogen-bond acceptors (Lipinski definition) is 4. The molecule has 4 heteroatoms. The van der Waals surface area contributed by atoms with Crippen molar-refractivity contribution in [2.24, 2.45) is 0 Å². The highest BCUT2D eigenvalue weighted by atomic mass is 16.5. The molecule has 0 saturated carbocycles. The molecule has 0 amide bonds. The van der Waals surface area contributed by atoms with Gasteiger partial charge in [-0.05, 0) is 41.3 Å². The SMILES string of the molecule is COc1ccc2c(c1)CCN1Cc3c(ccc(OC)c3OC)C(C)C21. The Labute approximate surface area is 149 Å². The lowest BCUT2D eigenvalue weighted by Gasteiger charge is -2.45. The number of methoxy groups -OCH3 is 3. The van der Waals surface area contributed by atoms with Gasteiger partial charge in [0.1, 0.15) is 5.75 Å². The van der Waals surface area contributed by atoms with Crippen molar-refractivity contribution < 1.29 is 14.2 Å². The van der Waals surface area contributed by atoms with E-state index in [2.05, 4.69) is 36.1 Å². The van der Waals surface area contributed by atoms with Crippen molar-refractivity contribution in [3.63, 3.8) is 0 Å². The van der Waals surface area contributed by atoms with Crippen LogP contribution in [0.15, 0.2) is 30.3 Å². The summed E-state index contributed by atoms with van der Waals surface area (Å²) in [5.41, 5.74) is 5.47. The van der Waals surface area contributed by atoms with E-state index in [1.54, 1.807) is 21.3 Å². The van der Waals surface area contributed by atoms with Gasteiger partial charge in [-0.3, -0.25) is 4.90 Å². The van der Waals surface area contributed by atoms with Crippen molar-refractivity contribution in [1.29, 1.82) is 0 Å². The van der Waals surface area contributed by atoms with Crippen molar-refractivity contribution in [1.82, 2.24) is 4.90 Å². The molecule has 25 heavy (non-hydrogen) atoms. The molecule has 2 aliphatic rings. The average Bonchev–Trinajstić information content (AvgIpc) is 2.66. The van der Waals surface area contributed by atoms with Crippen molar-refractivity contribution in [3.05, 3.63) is 52.6 Å². The highest BCUT2D eigenvalue weighted by Crippen LogP contribution is 2.49. The smallest absolute Gasteiger partial charge is 0.165 e. The Morgan fingerprint density at radius 2 is 1.76 bits per heavy atom. The zero-order valence-corrected chi connectivity index (χ0v) is 15.3. The number of hydrogen-bond donors (Lipinski definition) is 0. The molecule has 2 unspecified atom stereocenters. The van der Waals surface area contributed by atoms with Crippen LogP contribution in [0, 0.1) is 0 Å². The second-order valence-electron chi connectivity index (χ2n) is 6.89. The van der Waals surface area contributed by atoms with E-state index in [9.17, 15) is 0 Å². The lowest BCUT2D eigenvalue weighted by Crippen LogP contribution is -2.41. The molecule has 2 aliphatic heterocycles. The first kappa shape index (κ1) is 16.3. The second kappa shape index (κ2) is 6.26. The summed E-state index contributed by atoms with van der Waals surface area (Å²) >= 11 is 0.